The Morgan fingerprint density at radius 1 is 0.853 bits per heavy atom. The first-order valence-electron chi connectivity index (χ1n) is 10.1. The third-order valence-electron chi connectivity index (χ3n) is 4.93. The van der Waals surface area contributed by atoms with E-state index in [2.05, 4.69) is 9.84 Å². The molecule has 0 aliphatic heterocycles. The van der Waals surface area contributed by atoms with Crippen molar-refractivity contribution in [1.29, 1.82) is 0 Å². The summed E-state index contributed by atoms with van der Waals surface area (Å²) in [5.41, 5.74) is 0.987. The second kappa shape index (κ2) is 10.5. The van der Waals surface area contributed by atoms with Gasteiger partial charge in [-0.2, -0.15) is 5.10 Å². The summed E-state index contributed by atoms with van der Waals surface area (Å²) >= 11 is 0. The molecule has 178 valence electrons. The zero-order valence-corrected chi connectivity index (χ0v) is 19.4. The van der Waals surface area contributed by atoms with Crippen LogP contribution in [0.3, 0.4) is 0 Å². The molecule has 34 heavy (non-hydrogen) atoms. The van der Waals surface area contributed by atoms with Crippen LogP contribution in [0.5, 0.6) is 11.5 Å². The van der Waals surface area contributed by atoms with Crippen molar-refractivity contribution in [3.63, 3.8) is 0 Å². The molecule has 0 spiro atoms. The minimum Gasteiger partial charge on any atom is -0.493 e. The van der Waals surface area contributed by atoms with Crippen molar-refractivity contribution in [1.82, 2.24) is 9.78 Å². The standard InChI is InChI=1S/C24H24N2O8/c1-14(22(27)31-3)34-17-12-11-15(13-18(17)30-2)20-19(23(28)32-4)21(24(29)33-5)26(25-20)16-9-7-6-8-10-16/h6-14H,1-5H3. The topological polar surface area (TPSA) is 115 Å². The van der Waals surface area contributed by atoms with E-state index in [1.54, 1.807) is 49.4 Å². The smallest absolute Gasteiger partial charge is 0.357 e. The second-order valence-corrected chi connectivity index (χ2v) is 6.95. The Morgan fingerprint density at radius 3 is 2.12 bits per heavy atom. The molecule has 0 aliphatic rings. The van der Waals surface area contributed by atoms with Gasteiger partial charge in [0.05, 0.1) is 34.1 Å². The zero-order chi connectivity index (χ0) is 24.8. The number of benzene rings is 2. The number of rotatable bonds is 8. The molecule has 3 rings (SSSR count). The molecule has 0 fully saturated rings. The van der Waals surface area contributed by atoms with Gasteiger partial charge in [0.2, 0.25) is 0 Å². The molecule has 0 saturated heterocycles. The molecule has 1 heterocycles. The van der Waals surface area contributed by atoms with E-state index in [4.69, 9.17) is 18.9 Å². The van der Waals surface area contributed by atoms with Crippen molar-refractivity contribution in [2.45, 2.75) is 13.0 Å². The normalized spacial score (nSPS) is 11.3. The maximum Gasteiger partial charge on any atom is 0.357 e. The highest BCUT2D eigenvalue weighted by Gasteiger charge is 2.31. The second-order valence-electron chi connectivity index (χ2n) is 6.95. The van der Waals surface area contributed by atoms with E-state index in [1.807, 2.05) is 6.07 Å². The van der Waals surface area contributed by atoms with Crippen molar-refractivity contribution in [3.05, 3.63) is 59.8 Å². The van der Waals surface area contributed by atoms with E-state index in [-0.39, 0.29) is 28.5 Å². The lowest BCUT2D eigenvalue weighted by Gasteiger charge is -2.15. The minimum absolute atomic E-state index is 0.0724. The summed E-state index contributed by atoms with van der Waals surface area (Å²) in [6.07, 6.45) is -0.876. The fourth-order valence-corrected chi connectivity index (χ4v) is 3.27. The molecule has 3 aromatic rings. The van der Waals surface area contributed by atoms with Crippen LogP contribution >= 0.6 is 0 Å². The summed E-state index contributed by atoms with van der Waals surface area (Å²) in [5.74, 6) is -1.53. The summed E-state index contributed by atoms with van der Waals surface area (Å²) in [5, 5.41) is 4.54. The molecule has 0 saturated carbocycles. The molecule has 0 radical (unpaired) electrons. The average Bonchev–Trinajstić information content (AvgIpc) is 3.28. The fraction of sp³-hybridized carbons (Fsp3) is 0.250. The number of esters is 3. The molecule has 1 aromatic heterocycles. The van der Waals surface area contributed by atoms with Crippen LogP contribution in [-0.2, 0) is 19.0 Å². The van der Waals surface area contributed by atoms with E-state index in [9.17, 15) is 14.4 Å². The van der Waals surface area contributed by atoms with Crippen LogP contribution in [-0.4, -0.2) is 62.2 Å². The molecular formula is C24H24N2O8. The van der Waals surface area contributed by atoms with Crippen LogP contribution in [0.25, 0.3) is 16.9 Å². The number of ether oxygens (including phenoxy) is 5. The Hall–Kier alpha value is -4.34. The molecule has 10 nitrogen and oxygen atoms in total. The first-order chi connectivity index (χ1) is 16.4. The van der Waals surface area contributed by atoms with Gasteiger partial charge in [-0.25, -0.2) is 19.1 Å². The third-order valence-corrected chi connectivity index (χ3v) is 4.93. The van der Waals surface area contributed by atoms with Crippen molar-refractivity contribution < 1.29 is 38.1 Å². The SMILES string of the molecule is COC(=O)c1c(-c2ccc(OC(C)C(=O)OC)c(OC)c2)nn(-c2ccccc2)c1C(=O)OC. The monoisotopic (exact) mass is 468 g/mol. The van der Waals surface area contributed by atoms with Crippen LogP contribution < -0.4 is 9.47 Å². The number of nitrogens with zero attached hydrogens (tertiary/aromatic N) is 2. The summed E-state index contributed by atoms with van der Waals surface area (Å²) in [4.78, 5) is 37.2. The minimum atomic E-state index is -0.876. The van der Waals surface area contributed by atoms with E-state index in [1.165, 1.54) is 33.1 Å². The van der Waals surface area contributed by atoms with Gasteiger partial charge in [-0.1, -0.05) is 18.2 Å². The first kappa shape index (κ1) is 24.3. The van der Waals surface area contributed by atoms with Gasteiger partial charge in [-0.05, 0) is 37.3 Å². The highest BCUT2D eigenvalue weighted by atomic mass is 16.6. The quantitative estimate of drug-likeness (QED) is 0.363. The van der Waals surface area contributed by atoms with E-state index < -0.39 is 24.0 Å². The Morgan fingerprint density at radius 2 is 1.53 bits per heavy atom. The largest absolute Gasteiger partial charge is 0.493 e. The number of methoxy groups -OCH3 is 4. The first-order valence-corrected chi connectivity index (χ1v) is 10.1. The molecule has 10 heteroatoms. The lowest BCUT2D eigenvalue weighted by Crippen LogP contribution is -2.25. The van der Waals surface area contributed by atoms with Crippen LogP contribution in [0.2, 0.25) is 0 Å². The highest BCUT2D eigenvalue weighted by molar-refractivity contribution is 6.06. The van der Waals surface area contributed by atoms with Gasteiger partial charge in [0, 0.05) is 5.56 Å². The number of aromatic nitrogens is 2. The number of hydrogen-bond donors (Lipinski definition) is 0. The van der Waals surface area contributed by atoms with Crippen LogP contribution in [0.15, 0.2) is 48.5 Å². The Bertz CT molecular complexity index is 1200. The molecule has 0 aliphatic carbocycles. The van der Waals surface area contributed by atoms with Gasteiger partial charge in [0.1, 0.15) is 11.3 Å². The lowest BCUT2D eigenvalue weighted by molar-refractivity contribution is -0.147. The van der Waals surface area contributed by atoms with E-state index in [0.717, 1.165) is 0 Å². The summed E-state index contributed by atoms with van der Waals surface area (Å²) in [6.45, 7) is 1.54. The van der Waals surface area contributed by atoms with Gasteiger partial charge >= 0.3 is 17.9 Å². The molecular weight excluding hydrogens is 444 g/mol. The van der Waals surface area contributed by atoms with Gasteiger partial charge in [0.15, 0.2) is 23.3 Å². The van der Waals surface area contributed by atoms with Crippen molar-refractivity contribution >= 4 is 17.9 Å². The Balaban J connectivity index is 2.21. The third kappa shape index (κ3) is 4.70. The van der Waals surface area contributed by atoms with Crippen molar-refractivity contribution in [3.8, 4) is 28.4 Å². The predicted molar refractivity (Wildman–Crippen MR) is 120 cm³/mol. The maximum absolute atomic E-state index is 12.8. The molecule has 2 aromatic carbocycles. The fourth-order valence-electron chi connectivity index (χ4n) is 3.27. The molecule has 1 unspecified atom stereocenters. The van der Waals surface area contributed by atoms with Gasteiger partial charge in [-0.3, -0.25) is 0 Å². The Kier molecular flexibility index (Phi) is 7.52. The molecule has 1 atom stereocenters. The van der Waals surface area contributed by atoms with E-state index in [0.29, 0.717) is 11.3 Å². The van der Waals surface area contributed by atoms with Gasteiger partial charge < -0.3 is 23.7 Å². The summed E-state index contributed by atoms with van der Waals surface area (Å²) in [6, 6.07) is 13.6. The van der Waals surface area contributed by atoms with Crippen LogP contribution in [0, 0.1) is 0 Å². The van der Waals surface area contributed by atoms with Crippen LogP contribution in [0.4, 0.5) is 0 Å². The summed E-state index contributed by atoms with van der Waals surface area (Å²) < 4.78 is 26.9. The van der Waals surface area contributed by atoms with Gasteiger partial charge in [0.25, 0.3) is 0 Å². The number of para-hydroxylation sites is 1. The van der Waals surface area contributed by atoms with Crippen molar-refractivity contribution in [2.24, 2.45) is 0 Å². The number of carbonyl (C=O) groups excluding carboxylic acids is 3. The zero-order valence-electron chi connectivity index (χ0n) is 19.4. The number of hydrogen-bond acceptors (Lipinski definition) is 9. The predicted octanol–water partition coefficient (Wildman–Crippen LogP) is 3.06. The molecule has 0 N–H and O–H groups in total. The van der Waals surface area contributed by atoms with Gasteiger partial charge in [-0.15, -0.1) is 0 Å². The Labute approximate surface area is 195 Å². The average molecular weight is 468 g/mol. The summed E-state index contributed by atoms with van der Waals surface area (Å²) in [7, 11) is 5.11. The van der Waals surface area contributed by atoms with Crippen LogP contribution in [0.1, 0.15) is 27.8 Å². The molecule has 0 amide bonds. The van der Waals surface area contributed by atoms with E-state index >= 15 is 0 Å². The van der Waals surface area contributed by atoms with Crippen molar-refractivity contribution in [2.75, 3.05) is 28.4 Å². The maximum atomic E-state index is 12.8. The lowest BCUT2D eigenvalue weighted by atomic mass is 10.0. The highest BCUT2D eigenvalue weighted by Crippen LogP contribution is 2.36. The molecule has 0 bridgehead atoms. The number of carbonyl (C=O) groups is 3.